The summed E-state index contributed by atoms with van der Waals surface area (Å²) in [5.74, 6) is -0.719. The maximum atomic E-state index is 10.0. The Morgan fingerprint density at radius 2 is 2.00 bits per heavy atom. The van der Waals surface area contributed by atoms with Crippen molar-refractivity contribution in [2.45, 2.75) is 32.8 Å². The van der Waals surface area contributed by atoms with E-state index in [2.05, 4.69) is 0 Å². The molecule has 0 saturated heterocycles. The van der Waals surface area contributed by atoms with Gasteiger partial charge in [-0.1, -0.05) is 6.92 Å². The zero-order valence-electron chi connectivity index (χ0n) is 6.37. The van der Waals surface area contributed by atoms with Crippen molar-refractivity contribution in [2.75, 3.05) is 0 Å². The van der Waals surface area contributed by atoms with Gasteiger partial charge in [0.1, 0.15) is 0 Å². The largest absolute Gasteiger partial charge is 0.481 e. The topological polar surface area (TPSA) is 57.5 Å². The third-order valence-electron chi connectivity index (χ3n) is 1.64. The summed E-state index contributed by atoms with van der Waals surface area (Å²) in [4.78, 5) is 10.0. The van der Waals surface area contributed by atoms with Gasteiger partial charge in [0.05, 0.1) is 6.10 Å². The molecule has 0 amide bonds. The summed E-state index contributed by atoms with van der Waals surface area (Å²) >= 11 is 0. The molecule has 2 unspecified atom stereocenters. The molecule has 10 heavy (non-hydrogen) atoms. The first-order valence-electron chi connectivity index (χ1n) is 3.44. The maximum absolute atomic E-state index is 10.0. The lowest BCUT2D eigenvalue weighted by Crippen LogP contribution is -2.14. The summed E-state index contributed by atoms with van der Waals surface area (Å²) in [5.41, 5.74) is 0. The molecule has 0 aliphatic carbocycles. The van der Waals surface area contributed by atoms with Gasteiger partial charge in [-0.15, -0.1) is 0 Å². The highest BCUT2D eigenvalue weighted by atomic mass is 16.4. The quantitative estimate of drug-likeness (QED) is 0.618. The summed E-state index contributed by atoms with van der Waals surface area (Å²) in [6, 6.07) is 0. The van der Waals surface area contributed by atoms with Gasteiger partial charge in [0.25, 0.3) is 0 Å². The molecular formula is C7H14O3. The lowest BCUT2D eigenvalue weighted by atomic mass is 10.0. The van der Waals surface area contributed by atoms with E-state index in [0.717, 1.165) is 0 Å². The summed E-state index contributed by atoms with van der Waals surface area (Å²) in [5, 5.41) is 17.2. The first kappa shape index (κ1) is 9.43. The summed E-state index contributed by atoms with van der Waals surface area (Å²) in [7, 11) is 0. The van der Waals surface area contributed by atoms with Crippen LogP contribution in [0.5, 0.6) is 0 Å². The highest BCUT2D eigenvalue weighted by Gasteiger charge is 2.09. The Balaban J connectivity index is 3.39. The molecular weight excluding hydrogens is 132 g/mol. The minimum absolute atomic E-state index is 0.0797. The van der Waals surface area contributed by atoms with Crippen LogP contribution in [0, 0.1) is 5.92 Å². The maximum Gasteiger partial charge on any atom is 0.303 e. The first-order chi connectivity index (χ1) is 4.54. The molecule has 3 nitrogen and oxygen atoms in total. The zero-order valence-corrected chi connectivity index (χ0v) is 6.37. The molecule has 0 spiro atoms. The number of carbonyl (C=O) groups is 1. The molecule has 0 rings (SSSR count). The Hall–Kier alpha value is -0.570. The summed E-state index contributed by atoms with van der Waals surface area (Å²) < 4.78 is 0. The Kier molecular flexibility index (Phi) is 4.03. The van der Waals surface area contributed by atoms with E-state index in [9.17, 15) is 4.79 Å². The van der Waals surface area contributed by atoms with Gasteiger partial charge < -0.3 is 10.2 Å². The van der Waals surface area contributed by atoms with Crippen LogP contribution >= 0.6 is 0 Å². The third kappa shape index (κ3) is 4.32. The fourth-order valence-electron chi connectivity index (χ4n) is 0.592. The van der Waals surface area contributed by atoms with Gasteiger partial charge in [0.15, 0.2) is 0 Å². The standard InChI is InChI=1S/C7H14O3/c1-5(6(2)8)3-4-7(9)10/h5-6,8H,3-4H2,1-2H3,(H,9,10). The van der Waals surface area contributed by atoms with E-state index in [1.165, 1.54) is 0 Å². The Morgan fingerprint density at radius 3 is 2.30 bits per heavy atom. The van der Waals surface area contributed by atoms with Gasteiger partial charge in [0.2, 0.25) is 0 Å². The van der Waals surface area contributed by atoms with E-state index in [-0.39, 0.29) is 12.3 Å². The molecule has 0 aromatic rings. The second-order valence-electron chi connectivity index (χ2n) is 2.65. The fraction of sp³-hybridized carbons (Fsp3) is 0.857. The van der Waals surface area contributed by atoms with E-state index in [1.54, 1.807) is 6.92 Å². The second kappa shape index (κ2) is 4.28. The zero-order chi connectivity index (χ0) is 8.15. The van der Waals surface area contributed by atoms with Crippen LogP contribution < -0.4 is 0 Å². The second-order valence-corrected chi connectivity index (χ2v) is 2.65. The Labute approximate surface area is 60.7 Å². The number of aliphatic hydroxyl groups is 1. The molecule has 0 heterocycles. The van der Waals surface area contributed by atoms with E-state index >= 15 is 0 Å². The molecule has 0 bridgehead atoms. The molecule has 0 aromatic carbocycles. The molecule has 0 aromatic heterocycles. The summed E-state index contributed by atoms with van der Waals surface area (Å²) in [6.45, 7) is 3.51. The Morgan fingerprint density at radius 1 is 1.50 bits per heavy atom. The number of hydrogen-bond acceptors (Lipinski definition) is 2. The van der Waals surface area contributed by atoms with Crippen LogP contribution in [0.1, 0.15) is 26.7 Å². The van der Waals surface area contributed by atoms with Crippen LogP contribution in [0.3, 0.4) is 0 Å². The van der Waals surface area contributed by atoms with Gasteiger partial charge in [-0.3, -0.25) is 4.79 Å². The molecule has 2 N–H and O–H groups in total. The van der Waals surface area contributed by atoms with Crippen molar-refractivity contribution in [3.05, 3.63) is 0 Å². The van der Waals surface area contributed by atoms with E-state index < -0.39 is 12.1 Å². The first-order valence-corrected chi connectivity index (χ1v) is 3.44. The molecule has 0 aliphatic heterocycles. The smallest absolute Gasteiger partial charge is 0.303 e. The predicted molar refractivity (Wildman–Crippen MR) is 37.7 cm³/mol. The number of aliphatic hydroxyl groups excluding tert-OH is 1. The van der Waals surface area contributed by atoms with Gasteiger partial charge in [-0.25, -0.2) is 0 Å². The van der Waals surface area contributed by atoms with Crippen molar-refractivity contribution in [2.24, 2.45) is 5.92 Å². The predicted octanol–water partition coefficient (Wildman–Crippen LogP) is 0.868. The van der Waals surface area contributed by atoms with Gasteiger partial charge in [0, 0.05) is 6.42 Å². The van der Waals surface area contributed by atoms with Crippen LogP contribution in [0.25, 0.3) is 0 Å². The minimum atomic E-state index is -0.799. The van der Waals surface area contributed by atoms with Crippen molar-refractivity contribution >= 4 is 5.97 Å². The SMILES string of the molecule is CC(O)C(C)CCC(=O)O. The normalized spacial score (nSPS) is 16.3. The molecule has 0 aliphatic rings. The van der Waals surface area contributed by atoms with Crippen LogP contribution in [0.4, 0.5) is 0 Å². The van der Waals surface area contributed by atoms with Crippen molar-refractivity contribution in [3.63, 3.8) is 0 Å². The van der Waals surface area contributed by atoms with E-state index in [1.807, 2.05) is 6.92 Å². The Bertz CT molecular complexity index is 109. The van der Waals surface area contributed by atoms with E-state index in [0.29, 0.717) is 6.42 Å². The van der Waals surface area contributed by atoms with E-state index in [4.69, 9.17) is 10.2 Å². The summed E-state index contributed by atoms with van der Waals surface area (Å²) in [6.07, 6.45) is 0.290. The van der Waals surface area contributed by atoms with Crippen LogP contribution in [-0.4, -0.2) is 22.3 Å². The molecule has 0 saturated carbocycles. The molecule has 0 radical (unpaired) electrons. The van der Waals surface area contributed by atoms with Crippen molar-refractivity contribution < 1.29 is 15.0 Å². The highest BCUT2D eigenvalue weighted by molar-refractivity contribution is 5.66. The number of rotatable bonds is 4. The number of carboxylic acid groups (broad SMARTS) is 1. The fourth-order valence-corrected chi connectivity index (χ4v) is 0.592. The molecule has 60 valence electrons. The van der Waals surface area contributed by atoms with Crippen LogP contribution in [0.15, 0.2) is 0 Å². The van der Waals surface area contributed by atoms with Crippen molar-refractivity contribution in [1.29, 1.82) is 0 Å². The number of carboxylic acids is 1. The lowest BCUT2D eigenvalue weighted by Gasteiger charge is -2.11. The molecule has 0 fully saturated rings. The van der Waals surface area contributed by atoms with Crippen LogP contribution in [-0.2, 0) is 4.79 Å². The number of hydrogen-bond donors (Lipinski definition) is 2. The highest BCUT2D eigenvalue weighted by Crippen LogP contribution is 2.09. The minimum Gasteiger partial charge on any atom is -0.481 e. The molecule has 2 atom stereocenters. The average Bonchev–Trinajstić information content (AvgIpc) is 1.82. The van der Waals surface area contributed by atoms with Crippen molar-refractivity contribution in [3.8, 4) is 0 Å². The third-order valence-corrected chi connectivity index (χ3v) is 1.64. The average molecular weight is 146 g/mol. The van der Waals surface area contributed by atoms with Gasteiger partial charge >= 0.3 is 5.97 Å². The number of aliphatic carboxylic acids is 1. The van der Waals surface area contributed by atoms with Crippen molar-refractivity contribution in [1.82, 2.24) is 0 Å². The van der Waals surface area contributed by atoms with Gasteiger partial charge in [-0.05, 0) is 19.3 Å². The van der Waals surface area contributed by atoms with Crippen LogP contribution in [0.2, 0.25) is 0 Å². The monoisotopic (exact) mass is 146 g/mol. The lowest BCUT2D eigenvalue weighted by molar-refractivity contribution is -0.137. The van der Waals surface area contributed by atoms with Gasteiger partial charge in [-0.2, -0.15) is 0 Å². The molecule has 3 heteroatoms.